The van der Waals surface area contributed by atoms with Gasteiger partial charge in [-0.15, -0.1) is 0 Å². The van der Waals surface area contributed by atoms with Crippen LogP contribution in [0.25, 0.3) is 0 Å². The molecule has 1 aliphatic heterocycles. The number of nitriles is 1. The minimum atomic E-state index is 0.196. The summed E-state index contributed by atoms with van der Waals surface area (Å²) in [4.78, 5) is 13.8. The summed E-state index contributed by atoms with van der Waals surface area (Å²) in [5.41, 5.74) is 1.71. The lowest BCUT2D eigenvalue weighted by atomic mass is 10.0. The quantitative estimate of drug-likeness (QED) is 0.890. The number of nitrogens with zero attached hydrogens (tertiary/aromatic N) is 2. The minimum absolute atomic E-state index is 0.196. The Morgan fingerprint density at radius 3 is 2.80 bits per heavy atom. The Labute approximate surface area is 120 Å². The molecule has 2 rings (SSSR count). The summed E-state index contributed by atoms with van der Waals surface area (Å²) in [7, 11) is 1.84. The molecule has 1 saturated heterocycles. The number of rotatable bonds is 5. The van der Waals surface area contributed by atoms with Crippen LogP contribution in [-0.4, -0.2) is 30.9 Å². The topological polar surface area (TPSA) is 56.1 Å². The second-order valence-electron chi connectivity index (χ2n) is 5.46. The van der Waals surface area contributed by atoms with E-state index < -0.39 is 0 Å². The van der Waals surface area contributed by atoms with Gasteiger partial charge in [0.1, 0.15) is 0 Å². The molecule has 0 aromatic heterocycles. The fraction of sp³-hybridized carbons (Fsp3) is 0.500. The second kappa shape index (κ2) is 7.06. The zero-order chi connectivity index (χ0) is 14.4. The maximum atomic E-state index is 12.1. The fourth-order valence-corrected chi connectivity index (χ4v) is 2.53. The number of carbonyl (C=O) groups is 1. The van der Waals surface area contributed by atoms with E-state index in [4.69, 9.17) is 5.26 Å². The summed E-state index contributed by atoms with van der Waals surface area (Å²) < 4.78 is 0. The van der Waals surface area contributed by atoms with Gasteiger partial charge >= 0.3 is 0 Å². The van der Waals surface area contributed by atoms with Gasteiger partial charge in [-0.25, -0.2) is 0 Å². The number of benzene rings is 1. The van der Waals surface area contributed by atoms with Gasteiger partial charge in [0, 0.05) is 20.0 Å². The zero-order valence-corrected chi connectivity index (χ0v) is 11.9. The highest BCUT2D eigenvalue weighted by Crippen LogP contribution is 2.15. The molecule has 1 aromatic rings. The van der Waals surface area contributed by atoms with Crippen molar-refractivity contribution in [3.63, 3.8) is 0 Å². The van der Waals surface area contributed by atoms with E-state index in [2.05, 4.69) is 11.4 Å². The van der Waals surface area contributed by atoms with Crippen molar-refractivity contribution in [3.05, 3.63) is 35.4 Å². The molecule has 0 aliphatic carbocycles. The molecule has 1 unspecified atom stereocenters. The molecule has 0 bridgehead atoms. The van der Waals surface area contributed by atoms with E-state index in [9.17, 15) is 4.79 Å². The van der Waals surface area contributed by atoms with Gasteiger partial charge in [-0.05, 0) is 49.5 Å². The van der Waals surface area contributed by atoms with Crippen molar-refractivity contribution < 1.29 is 4.79 Å². The van der Waals surface area contributed by atoms with Gasteiger partial charge in [-0.2, -0.15) is 5.26 Å². The van der Waals surface area contributed by atoms with Crippen LogP contribution < -0.4 is 5.32 Å². The van der Waals surface area contributed by atoms with E-state index >= 15 is 0 Å². The molecule has 1 aliphatic rings. The highest BCUT2D eigenvalue weighted by atomic mass is 16.2. The van der Waals surface area contributed by atoms with Crippen molar-refractivity contribution in [3.8, 4) is 6.07 Å². The molecule has 106 valence electrons. The normalized spacial score (nSPS) is 17.7. The molecule has 1 aromatic carbocycles. The Hall–Kier alpha value is -1.86. The van der Waals surface area contributed by atoms with Gasteiger partial charge in [0.05, 0.1) is 11.6 Å². The third kappa shape index (κ3) is 4.07. The SMILES string of the molecule is CN(Cc1ccc(C#N)cc1)C(=O)CCC1CCNC1. The Kier molecular flexibility index (Phi) is 5.14. The summed E-state index contributed by atoms with van der Waals surface area (Å²) in [5.74, 6) is 0.850. The van der Waals surface area contributed by atoms with Crippen LogP contribution in [0.1, 0.15) is 30.4 Å². The first-order valence-electron chi connectivity index (χ1n) is 7.13. The highest BCUT2D eigenvalue weighted by molar-refractivity contribution is 5.75. The van der Waals surface area contributed by atoms with Gasteiger partial charge in [-0.1, -0.05) is 12.1 Å². The van der Waals surface area contributed by atoms with Crippen LogP contribution in [0.3, 0.4) is 0 Å². The average molecular weight is 271 g/mol. The first kappa shape index (κ1) is 14.5. The summed E-state index contributed by atoms with van der Waals surface area (Å²) in [6.45, 7) is 2.74. The van der Waals surface area contributed by atoms with Crippen LogP contribution in [0.4, 0.5) is 0 Å². The van der Waals surface area contributed by atoms with Crippen molar-refractivity contribution in [2.75, 3.05) is 20.1 Å². The first-order valence-corrected chi connectivity index (χ1v) is 7.13. The molecule has 0 saturated carbocycles. The van der Waals surface area contributed by atoms with Gasteiger partial charge in [0.25, 0.3) is 0 Å². The summed E-state index contributed by atoms with van der Waals surface area (Å²) in [5, 5.41) is 12.1. The molecule has 1 amide bonds. The van der Waals surface area contributed by atoms with Gasteiger partial charge in [0.15, 0.2) is 0 Å². The lowest BCUT2D eigenvalue weighted by Crippen LogP contribution is -2.26. The Morgan fingerprint density at radius 2 is 2.20 bits per heavy atom. The van der Waals surface area contributed by atoms with Gasteiger partial charge < -0.3 is 10.2 Å². The molecule has 20 heavy (non-hydrogen) atoms. The standard InChI is InChI=1S/C16H21N3O/c1-19(12-15-4-2-13(10-17)3-5-15)16(20)7-6-14-8-9-18-11-14/h2-5,14,18H,6-9,11-12H2,1H3. The molecule has 1 fully saturated rings. The summed E-state index contributed by atoms with van der Waals surface area (Å²) in [6, 6.07) is 9.49. The third-order valence-corrected chi connectivity index (χ3v) is 3.86. The molecular formula is C16H21N3O. The van der Waals surface area contributed by atoms with E-state index in [1.54, 1.807) is 17.0 Å². The number of hydrogen-bond acceptors (Lipinski definition) is 3. The minimum Gasteiger partial charge on any atom is -0.341 e. The zero-order valence-electron chi connectivity index (χ0n) is 11.9. The van der Waals surface area contributed by atoms with Gasteiger partial charge in [-0.3, -0.25) is 4.79 Å². The monoisotopic (exact) mass is 271 g/mol. The lowest BCUT2D eigenvalue weighted by Gasteiger charge is -2.18. The molecule has 1 heterocycles. The van der Waals surface area contributed by atoms with Crippen molar-refractivity contribution >= 4 is 5.91 Å². The van der Waals surface area contributed by atoms with Crippen molar-refractivity contribution in [2.24, 2.45) is 5.92 Å². The summed E-state index contributed by atoms with van der Waals surface area (Å²) in [6.07, 6.45) is 2.79. The van der Waals surface area contributed by atoms with Crippen LogP contribution in [0, 0.1) is 17.2 Å². The lowest BCUT2D eigenvalue weighted by molar-refractivity contribution is -0.130. The van der Waals surface area contributed by atoms with Crippen molar-refractivity contribution in [1.82, 2.24) is 10.2 Å². The average Bonchev–Trinajstić information content (AvgIpc) is 2.98. The molecule has 4 nitrogen and oxygen atoms in total. The van der Waals surface area contributed by atoms with E-state index in [1.165, 1.54) is 6.42 Å². The maximum absolute atomic E-state index is 12.1. The number of carbonyl (C=O) groups excluding carboxylic acids is 1. The molecule has 1 N–H and O–H groups in total. The number of nitrogens with one attached hydrogen (secondary N) is 1. The fourth-order valence-electron chi connectivity index (χ4n) is 2.53. The second-order valence-corrected chi connectivity index (χ2v) is 5.46. The van der Waals surface area contributed by atoms with E-state index in [0.29, 0.717) is 24.4 Å². The number of amides is 1. The first-order chi connectivity index (χ1) is 9.69. The predicted molar refractivity (Wildman–Crippen MR) is 77.8 cm³/mol. The Bertz CT molecular complexity index is 483. The van der Waals surface area contributed by atoms with Crippen molar-refractivity contribution in [1.29, 1.82) is 5.26 Å². The van der Waals surface area contributed by atoms with Crippen LogP contribution >= 0.6 is 0 Å². The molecule has 1 atom stereocenters. The Balaban J connectivity index is 1.79. The third-order valence-electron chi connectivity index (χ3n) is 3.86. The predicted octanol–water partition coefficient (Wildman–Crippen LogP) is 1.91. The molecule has 4 heteroatoms. The van der Waals surface area contributed by atoms with Crippen LogP contribution in [0.5, 0.6) is 0 Å². The molecule has 0 spiro atoms. The van der Waals surface area contributed by atoms with Crippen molar-refractivity contribution in [2.45, 2.75) is 25.8 Å². The van der Waals surface area contributed by atoms with Crippen LogP contribution in [-0.2, 0) is 11.3 Å². The maximum Gasteiger partial charge on any atom is 0.222 e. The number of hydrogen-bond donors (Lipinski definition) is 1. The highest BCUT2D eigenvalue weighted by Gasteiger charge is 2.17. The largest absolute Gasteiger partial charge is 0.341 e. The molecule has 0 radical (unpaired) electrons. The summed E-state index contributed by atoms with van der Waals surface area (Å²) >= 11 is 0. The van der Waals surface area contributed by atoms with Gasteiger partial charge in [0.2, 0.25) is 5.91 Å². The smallest absolute Gasteiger partial charge is 0.222 e. The van der Waals surface area contributed by atoms with Crippen LogP contribution in [0.2, 0.25) is 0 Å². The molecular weight excluding hydrogens is 250 g/mol. The van der Waals surface area contributed by atoms with E-state index in [0.717, 1.165) is 25.1 Å². The van der Waals surface area contributed by atoms with E-state index in [-0.39, 0.29) is 5.91 Å². The van der Waals surface area contributed by atoms with E-state index in [1.807, 2.05) is 19.2 Å². The van der Waals surface area contributed by atoms with Crippen LogP contribution in [0.15, 0.2) is 24.3 Å². The Morgan fingerprint density at radius 1 is 1.45 bits per heavy atom.